The summed E-state index contributed by atoms with van der Waals surface area (Å²) in [6, 6.07) is 9.28. The maximum absolute atomic E-state index is 12.3. The Hall–Kier alpha value is -1.74. The number of carbonyl (C=O) groups is 1. The van der Waals surface area contributed by atoms with E-state index in [2.05, 4.69) is 30.1 Å². The number of rotatable bonds is 8. The van der Waals surface area contributed by atoms with Gasteiger partial charge < -0.3 is 5.32 Å². The van der Waals surface area contributed by atoms with Crippen LogP contribution in [0.15, 0.2) is 39.9 Å². The topological polar surface area (TPSA) is 92.5 Å². The van der Waals surface area contributed by atoms with E-state index in [0.29, 0.717) is 12.1 Å². The van der Waals surface area contributed by atoms with E-state index in [9.17, 15) is 13.2 Å². The molecule has 8 heteroatoms. The fourth-order valence-electron chi connectivity index (χ4n) is 2.43. The number of amides is 1. The molecule has 0 aliphatic carbocycles. The second-order valence-electron chi connectivity index (χ2n) is 5.61. The fourth-order valence-corrected chi connectivity index (χ4v) is 4.02. The molecule has 0 bridgehead atoms. The van der Waals surface area contributed by atoms with Gasteiger partial charge in [0.1, 0.15) is 4.21 Å². The van der Waals surface area contributed by atoms with Crippen LogP contribution in [0.3, 0.4) is 0 Å². The summed E-state index contributed by atoms with van der Waals surface area (Å²) in [5.74, 6) is -0.316. The van der Waals surface area contributed by atoms with Gasteiger partial charge in [-0.25, -0.2) is 13.6 Å². The normalized spacial score (nSPS) is 11.7. The molecule has 2 aromatic rings. The molecular weight excluding hydrogens is 358 g/mol. The van der Waals surface area contributed by atoms with Gasteiger partial charge in [-0.15, -0.1) is 11.3 Å². The Labute approximate surface area is 152 Å². The van der Waals surface area contributed by atoms with E-state index in [0.717, 1.165) is 36.5 Å². The monoisotopic (exact) mass is 381 g/mol. The van der Waals surface area contributed by atoms with Crippen LogP contribution in [-0.4, -0.2) is 32.3 Å². The Morgan fingerprint density at radius 3 is 2.40 bits per heavy atom. The van der Waals surface area contributed by atoms with Gasteiger partial charge in [0, 0.05) is 18.5 Å². The van der Waals surface area contributed by atoms with Crippen LogP contribution in [0, 0.1) is 0 Å². The molecule has 0 saturated carbocycles. The summed E-state index contributed by atoms with van der Waals surface area (Å²) in [6.07, 6.45) is 0. The molecule has 136 valence electrons. The van der Waals surface area contributed by atoms with Gasteiger partial charge in [0.25, 0.3) is 5.91 Å². The molecular formula is C17H23N3O3S2. The average Bonchev–Trinajstić information content (AvgIpc) is 3.09. The van der Waals surface area contributed by atoms with Gasteiger partial charge in [-0.2, -0.15) is 0 Å². The average molecular weight is 382 g/mol. The van der Waals surface area contributed by atoms with E-state index in [1.165, 1.54) is 17.0 Å². The third-order valence-corrected chi connectivity index (χ3v) is 6.35. The van der Waals surface area contributed by atoms with Gasteiger partial charge in [0.2, 0.25) is 10.0 Å². The number of primary sulfonamides is 1. The van der Waals surface area contributed by atoms with E-state index < -0.39 is 10.0 Å². The van der Waals surface area contributed by atoms with Crippen molar-refractivity contribution in [1.82, 2.24) is 10.2 Å². The molecule has 1 aromatic carbocycles. The fraction of sp³-hybridized carbons (Fsp3) is 0.353. The first-order valence-corrected chi connectivity index (χ1v) is 10.5. The number of thiophene rings is 1. The summed E-state index contributed by atoms with van der Waals surface area (Å²) in [6.45, 7) is 7.37. The van der Waals surface area contributed by atoms with Crippen molar-refractivity contribution in [2.45, 2.75) is 31.1 Å². The number of hydrogen-bond donors (Lipinski definition) is 2. The van der Waals surface area contributed by atoms with E-state index in [-0.39, 0.29) is 10.1 Å². The van der Waals surface area contributed by atoms with E-state index in [1.807, 2.05) is 18.2 Å². The molecule has 1 amide bonds. The molecule has 1 heterocycles. The quantitative estimate of drug-likeness (QED) is 0.733. The number of carbonyl (C=O) groups excluding carboxylic acids is 1. The first-order chi connectivity index (χ1) is 11.8. The molecule has 0 fully saturated rings. The van der Waals surface area contributed by atoms with Gasteiger partial charge in [0.15, 0.2) is 0 Å². The third-order valence-electron chi connectivity index (χ3n) is 3.96. The molecule has 6 nitrogen and oxygen atoms in total. The number of nitrogens with zero attached hydrogens (tertiary/aromatic N) is 1. The summed E-state index contributed by atoms with van der Waals surface area (Å²) in [5.41, 5.74) is 2.52. The molecule has 0 aliphatic rings. The highest BCUT2D eigenvalue weighted by Crippen LogP contribution is 2.19. The van der Waals surface area contributed by atoms with Crippen LogP contribution in [0.5, 0.6) is 0 Å². The first kappa shape index (κ1) is 19.6. The maximum atomic E-state index is 12.3. The summed E-state index contributed by atoms with van der Waals surface area (Å²) in [4.78, 5) is 14.6. The van der Waals surface area contributed by atoms with Crippen molar-refractivity contribution < 1.29 is 13.2 Å². The van der Waals surface area contributed by atoms with Crippen molar-refractivity contribution in [1.29, 1.82) is 0 Å². The van der Waals surface area contributed by atoms with Crippen molar-refractivity contribution in [3.05, 3.63) is 52.4 Å². The number of sulfonamides is 1. The minimum absolute atomic E-state index is 0.0143. The van der Waals surface area contributed by atoms with Crippen LogP contribution < -0.4 is 10.5 Å². The zero-order chi connectivity index (χ0) is 18.4. The highest BCUT2D eigenvalue weighted by molar-refractivity contribution is 7.91. The minimum atomic E-state index is -3.78. The van der Waals surface area contributed by atoms with E-state index >= 15 is 0 Å². The smallest absolute Gasteiger partial charge is 0.252 e. The van der Waals surface area contributed by atoms with Crippen molar-refractivity contribution >= 4 is 27.3 Å². The molecule has 0 saturated heterocycles. The number of benzene rings is 1. The van der Waals surface area contributed by atoms with Gasteiger partial charge >= 0.3 is 0 Å². The van der Waals surface area contributed by atoms with Crippen LogP contribution in [0.2, 0.25) is 0 Å². The van der Waals surface area contributed by atoms with Crippen LogP contribution >= 0.6 is 11.3 Å². The van der Waals surface area contributed by atoms with Crippen LogP contribution in [-0.2, 0) is 23.1 Å². The predicted molar refractivity (Wildman–Crippen MR) is 99.9 cm³/mol. The molecule has 1 aromatic heterocycles. The van der Waals surface area contributed by atoms with E-state index in [1.54, 1.807) is 0 Å². The lowest BCUT2D eigenvalue weighted by molar-refractivity contribution is 0.0951. The molecule has 0 atom stereocenters. The third kappa shape index (κ3) is 5.37. The van der Waals surface area contributed by atoms with Gasteiger partial charge in [0.05, 0.1) is 5.56 Å². The number of nitrogens with two attached hydrogens (primary N) is 1. The van der Waals surface area contributed by atoms with E-state index in [4.69, 9.17) is 5.14 Å². The largest absolute Gasteiger partial charge is 0.348 e. The van der Waals surface area contributed by atoms with Crippen LogP contribution in [0.1, 0.15) is 35.3 Å². The Morgan fingerprint density at radius 2 is 1.84 bits per heavy atom. The standard InChI is InChI=1S/C17H23N3O3S2/c1-3-20(4-2)11-14-8-6-5-7-13(14)10-19-17(21)15-9-16(24-12-15)25(18,22)23/h5-9,12H,3-4,10-11H2,1-2H3,(H,19,21)(H2,18,22,23). The summed E-state index contributed by atoms with van der Waals surface area (Å²) >= 11 is 0.944. The van der Waals surface area contributed by atoms with Gasteiger partial charge in [-0.1, -0.05) is 38.1 Å². The summed E-state index contributed by atoms with van der Waals surface area (Å²) in [5, 5.41) is 9.41. The predicted octanol–water partition coefficient (Wildman–Crippen LogP) is 2.17. The van der Waals surface area contributed by atoms with Crippen LogP contribution in [0.4, 0.5) is 0 Å². The first-order valence-electron chi connectivity index (χ1n) is 8.03. The minimum Gasteiger partial charge on any atom is -0.348 e. The lowest BCUT2D eigenvalue weighted by Gasteiger charge is -2.20. The highest BCUT2D eigenvalue weighted by atomic mass is 32.2. The Bertz CT molecular complexity index is 827. The Kier molecular flexibility index (Phi) is 6.71. The second-order valence-corrected chi connectivity index (χ2v) is 8.31. The van der Waals surface area contributed by atoms with Crippen molar-refractivity contribution in [2.24, 2.45) is 5.14 Å². The maximum Gasteiger partial charge on any atom is 0.252 e. The van der Waals surface area contributed by atoms with Crippen molar-refractivity contribution in [3.63, 3.8) is 0 Å². The highest BCUT2D eigenvalue weighted by Gasteiger charge is 2.15. The SMILES string of the molecule is CCN(CC)Cc1ccccc1CNC(=O)c1csc(S(N)(=O)=O)c1. The van der Waals surface area contributed by atoms with Crippen molar-refractivity contribution in [3.8, 4) is 0 Å². The molecule has 0 aliphatic heterocycles. The molecule has 0 radical (unpaired) electrons. The Morgan fingerprint density at radius 1 is 1.20 bits per heavy atom. The molecule has 25 heavy (non-hydrogen) atoms. The van der Waals surface area contributed by atoms with Gasteiger partial charge in [-0.3, -0.25) is 9.69 Å². The van der Waals surface area contributed by atoms with Crippen molar-refractivity contribution in [2.75, 3.05) is 13.1 Å². The van der Waals surface area contributed by atoms with Gasteiger partial charge in [-0.05, 0) is 30.3 Å². The summed E-state index contributed by atoms with van der Waals surface area (Å²) in [7, 11) is -3.78. The molecule has 3 N–H and O–H groups in total. The second kappa shape index (κ2) is 8.57. The summed E-state index contributed by atoms with van der Waals surface area (Å²) < 4.78 is 22.6. The number of nitrogens with one attached hydrogen (secondary N) is 1. The molecule has 2 rings (SSSR count). The molecule has 0 unspecified atom stereocenters. The lowest BCUT2D eigenvalue weighted by atomic mass is 10.1. The molecule has 0 spiro atoms. The lowest BCUT2D eigenvalue weighted by Crippen LogP contribution is -2.26. The zero-order valence-corrected chi connectivity index (χ0v) is 16.0. The van der Waals surface area contributed by atoms with Crippen LogP contribution in [0.25, 0.3) is 0 Å². The zero-order valence-electron chi connectivity index (χ0n) is 14.4. The number of hydrogen-bond acceptors (Lipinski definition) is 5. The Balaban J connectivity index is 2.06.